The van der Waals surface area contributed by atoms with Crippen molar-refractivity contribution in [2.75, 3.05) is 23.7 Å². The van der Waals surface area contributed by atoms with Gasteiger partial charge in [-0.15, -0.1) is 0 Å². The topological polar surface area (TPSA) is 110 Å². The average Bonchev–Trinajstić information content (AvgIpc) is 3.61. The summed E-state index contributed by atoms with van der Waals surface area (Å²) in [6.07, 6.45) is 18.0. The Morgan fingerprint density at radius 3 is 2.65 bits per heavy atom. The highest BCUT2D eigenvalue weighted by Crippen LogP contribution is 2.34. The molecule has 0 amide bonds. The number of nitrogens with two attached hydrogens (primary N) is 1. The molecule has 3 aromatic heterocycles. The van der Waals surface area contributed by atoms with E-state index in [2.05, 4.69) is 55.7 Å². The van der Waals surface area contributed by atoms with Crippen LogP contribution >= 0.6 is 0 Å². The lowest BCUT2D eigenvalue weighted by atomic mass is 9.95. The second-order valence-corrected chi connectivity index (χ2v) is 10.5. The number of piperidine rings is 1. The van der Waals surface area contributed by atoms with Gasteiger partial charge in [0.05, 0.1) is 5.69 Å². The van der Waals surface area contributed by atoms with Gasteiger partial charge in [0.15, 0.2) is 5.82 Å². The standard InChI is InChI=1S/C29H38N8/c1-2-24-17-23(10-13-32-24)26-19-37(14-6-5-9-21-7-3-4-8-21)28(35-26)22-11-15-36(16-12-22)29-25(18-30)27(31)33-20-34-29/h10,13,17,19-22H,2-9,11-12,14-16H2,1H3,(H2,31,33,34). The molecular formula is C29H38N8. The van der Waals surface area contributed by atoms with Crippen LogP contribution in [-0.4, -0.2) is 37.6 Å². The minimum Gasteiger partial charge on any atom is -0.382 e. The summed E-state index contributed by atoms with van der Waals surface area (Å²) in [6, 6.07) is 6.42. The number of unbranched alkanes of at least 4 members (excludes halogenated alkanes) is 1. The highest BCUT2D eigenvalue weighted by Gasteiger charge is 2.27. The smallest absolute Gasteiger partial charge is 0.152 e. The second-order valence-electron chi connectivity index (χ2n) is 10.5. The summed E-state index contributed by atoms with van der Waals surface area (Å²) in [5.41, 5.74) is 9.59. The van der Waals surface area contributed by atoms with E-state index in [0.29, 0.717) is 17.3 Å². The number of nitriles is 1. The Kier molecular flexibility index (Phi) is 7.98. The SMILES string of the molecule is CCc1cc(-c2cn(CCCCC3CCCC3)c(C3CCN(c4ncnc(N)c4C#N)CC3)n2)ccn1. The van der Waals surface area contributed by atoms with Gasteiger partial charge in [-0.2, -0.15) is 5.26 Å². The van der Waals surface area contributed by atoms with Gasteiger partial charge in [-0.3, -0.25) is 4.98 Å². The molecule has 0 bridgehead atoms. The Morgan fingerprint density at radius 2 is 1.89 bits per heavy atom. The van der Waals surface area contributed by atoms with Gasteiger partial charge < -0.3 is 15.2 Å². The van der Waals surface area contributed by atoms with Crippen LogP contribution < -0.4 is 10.6 Å². The molecule has 0 radical (unpaired) electrons. The Labute approximate surface area is 220 Å². The number of imidazole rings is 1. The summed E-state index contributed by atoms with van der Waals surface area (Å²) < 4.78 is 2.42. The van der Waals surface area contributed by atoms with Gasteiger partial charge in [0, 0.05) is 49.2 Å². The van der Waals surface area contributed by atoms with Gasteiger partial charge in [0.2, 0.25) is 0 Å². The van der Waals surface area contributed by atoms with Crippen molar-refractivity contribution in [2.24, 2.45) is 5.92 Å². The van der Waals surface area contributed by atoms with E-state index in [1.54, 1.807) is 0 Å². The fraction of sp³-hybridized carbons (Fsp3) is 0.552. The summed E-state index contributed by atoms with van der Waals surface area (Å²) in [7, 11) is 0. The van der Waals surface area contributed by atoms with Gasteiger partial charge in [-0.05, 0) is 43.7 Å². The van der Waals surface area contributed by atoms with E-state index in [1.807, 2.05) is 6.20 Å². The van der Waals surface area contributed by atoms with Crippen LogP contribution in [0.15, 0.2) is 30.9 Å². The van der Waals surface area contributed by atoms with Gasteiger partial charge >= 0.3 is 0 Å². The third kappa shape index (κ3) is 5.76. The number of anilines is 2. The van der Waals surface area contributed by atoms with Crippen LogP contribution in [0, 0.1) is 17.2 Å². The van der Waals surface area contributed by atoms with Crippen LogP contribution in [0.2, 0.25) is 0 Å². The molecular weight excluding hydrogens is 460 g/mol. The van der Waals surface area contributed by atoms with Crippen LogP contribution in [0.4, 0.5) is 11.6 Å². The Morgan fingerprint density at radius 1 is 1.08 bits per heavy atom. The molecule has 194 valence electrons. The van der Waals surface area contributed by atoms with Crippen LogP contribution in [0.1, 0.15) is 87.7 Å². The van der Waals surface area contributed by atoms with Gasteiger partial charge in [-0.25, -0.2) is 15.0 Å². The Bertz CT molecular complexity index is 1230. The first-order chi connectivity index (χ1) is 18.2. The average molecular weight is 499 g/mol. The molecule has 37 heavy (non-hydrogen) atoms. The number of rotatable bonds is 9. The molecule has 1 saturated carbocycles. The molecule has 0 aromatic carbocycles. The Hall–Kier alpha value is -3.47. The maximum Gasteiger partial charge on any atom is 0.152 e. The van der Waals surface area contributed by atoms with Crippen LogP contribution in [0.25, 0.3) is 11.3 Å². The van der Waals surface area contributed by atoms with Crippen molar-refractivity contribution in [1.29, 1.82) is 5.26 Å². The third-order valence-corrected chi connectivity index (χ3v) is 8.15. The molecule has 0 unspecified atom stereocenters. The summed E-state index contributed by atoms with van der Waals surface area (Å²) in [4.78, 5) is 20.2. The monoisotopic (exact) mass is 498 g/mol. The van der Waals surface area contributed by atoms with E-state index < -0.39 is 0 Å². The van der Waals surface area contributed by atoms with Crippen molar-refractivity contribution in [2.45, 2.75) is 83.6 Å². The van der Waals surface area contributed by atoms with E-state index in [9.17, 15) is 5.26 Å². The van der Waals surface area contributed by atoms with E-state index in [0.717, 1.165) is 61.8 Å². The minimum atomic E-state index is 0.246. The van der Waals surface area contributed by atoms with E-state index in [-0.39, 0.29) is 5.82 Å². The molecule has 5 rings (SSSR count). The minimum absolute atomic E-state index is 0.246. The first-order valence-corrected chi connectivity index (χ1v) is 13.9. The van der Waals surface area contributed by atoms with Crippen molar-refractivity contribution in [3.63, 3.8) is 0 Å². The number of aromatic nitrogens is 5. The van der Waals surface area contributed by atoms with E-state index >= 15 is 0 Å². The number of hydrogen-bond donors (Lipinski definition) is 1. The van der Waals surface area contributed by atoms with Crippen molar-refractivity contribution in [3.05, 3.63) is 47.9 Å². The van der Waals surface area contributed by atoms with Crippen molar-refractivity contribution < 1.29 is 0 Å². The summed E-state index contributed by atoms with van der Waals surface area (Å²) >= 11 is 0. The number of hydrogen-bond acceptors (Lipinski definition) is 7. The summed E-state index contributed by atoms with van der Waals surface area (Å²) in [5, 5.41) is 9.56. The zero-order valence-electron chi connectivity index (χ0n) is 21.9. The summed E-state index contributed by atoms with van der Waals surface area (Å²) in [5.74, 6) is 3.40. The lowest BCUT2D eigenvalue weighted by Gasteiger charge is -2.33. The Balaban J connectivity index is 1.32. The van der Waals surface area contributed by atoms with Gasteiger partial charge in [-0.1, -0.05) is 45.4 Å². The highest BCUT2D eigenvalue weighted by molar-refractivity contribution is 5.63. The molecule has 8 heteroatoms. The van der Waals surface area contributed by atoms with E-state index in [1.165, 1.54) is 57.1 Å². The van der Waals surface area contributed by atoms with Crippen LogP contribution in [-0.2, 0) is 13.0 Å². The molecule has 2 N–H and O–H groups in total. The lowest BCUT2D eigenvalue weighted by molar-refractivity contribution is 0.436. The molecule has 2 fully saturated rings. The van der Waals surface area contributed by atoms with Crippen molar-refractivity contribution in [3.8, 4) is 17.3 Å². The molecule has 0 atom stereocenters. The first-order valence-electron chi connectivity index (χ1n) is 13.9. The van der Waals surface area contributed by atoms with Crippen LogP contribution in [0.5, 0.6) is 0 Å². The zero-order chi connectivity index (χ0) is 25.6. The largest absolute Gasteiger partial charge is 0.382 e. The molecule has 1 aliphatic carbocycles. The summed E-state index contributed by atoms with van der Waals surface area (Å²) in [6.45, 7) is 4.78. The zero-order valence-corrected chi connectivity index (χ0v) is 21.9. The third-order valence-electron chi connectivity index (χ3n) is 8.15. The fourth-order valence-corrected chi connectivity index (χ4v) is 6.01. The normalized spacial score (nSPS) is 16.8. The molecule has 1 saturated heterocycles. The predicted molar refractivity (Wildman–Crippen MR) is 146 cm³/mol. The van der Waals surface area contributed by atoms with Crippen LogP contribution in [0.3, 0.4) is 0 Å². The molecule has 4 heterocycles. The molecule has 2 aliphatic rings. The quantitative estimate of drug-likeness (QED) is 0.388. The maximum absolute atomic E-state index is 9.56. The number of nitrogen functional groups attached to an aromatic ring is 1. The van der Waals surface area contributed by atoms with Gasteiger partial charge in [0.1, 0.15) is 29.6 Å². The number of pyridine rings is 1. The highest BCUT2D eigenvalue weighted by atomic mass is 15.2. The molecule has 3 aromatic rings. The molecule has 0 spiro atoms. The molecule has 1 aliphatic heterocycles. The van der Waals surface area contributed by atoms with E-state index in [4.69, 9.17) is 10.7 Å². The first kappa shape index (κ1) is 25.2. The number of aryl methyl sites for hydroxylation is 2. The second kappa shape index (κ2) is 11.7. The predicted octanol–water partition coefficient (Wildman–Crippen LogP) is 5.50. The fourth-order valence-electron chi connectivity index (χ4n) is 6.01. The maximum atomic E-state index is 9.56. The van der Waals surface area contributed by atoms with Crippen molar-refractivity contribution in [1.82, 2.24) is 24.5 Å². The number of nitrogens with zero attached hydrogens (tertiary/aromatic N) is 7. The molecule has 8 nitrogen and oxygen atoms in total. The lowest BCUT2D eigenvalue weighted by Crippen LogP contribution is -2.35. The van der Waals surface area contributed by atoms with Crippen molar-refractivity contribution >= 4 is 11.6 Å². The van der Waals surface area contributed by atoms with Gasteiger partial charge in [0.25, 0.3) is 0 Å².